The Morgan fingerprint density at radius 1 is 1.33 bits per heavy atom. The molecule has 0 bridgehead atoms. The Hall–Kier alpha value is 0.390. The number of hydrogen-bond donors (Lipinski definition) is 2. The number of aliphatic carboxylic acids is 1. The number of carbonyl (C=O) groups is 1. The van der Waals surface area contributed by atoms with Crippen molar-refractivity contribution in [2.45, 2.75) is 31.5 Å². The standard InChI is InChI=1S/C7H12O4.Na/c8-4-1-2-6(9)5(3-4)7(10)11;/h4-6,8-9H,1-3H2,(H,10,11);/q;+1/p-1. The van der Waals surface area contributed by atoms with Gasteiger partial charge in [0, 0.05) is 11.9 Å². The number of rotatable bonds is 1. The van der Waals surface area contributed by atoms with Gasteiger partial charge in [-0.1, -0.05) is 0 Å². The fourth-order valence-corrected chi connectivity index (χ4v) is 1.39. The van der Waals surface area contributed by atoms with E-state index >= 15 is 0 Å². The van der Waals surface area contributed by atoms with Crippen LogP contribution >= 0.6 is 0 Å². The van der Waals surface area contributed by atoms with E-state index < -0.39 is 24.1 Å². The molecule has 0 saturated heterocycles. The van der Waals surface area contributed by atoms with Gasteiger partial charge in [0.15, 0.2) is 0 Å². The van der Waals surface area contributed by atoms with E-state index in [1.165, 1.54) is 0 Å². The molecule has 2 N–H and O–H groups in total. The van der Waals surface area contributed by atoms with Crippen molar-refractivity contribution in [1.29, 1.82) is 0 Å². The maximum absolute atomic E-state index is 10.3. The Kier molecular flexibility index (Phi) is 5.36. The predicted molar refractivity (Wildman–Crippen MR) is 34.4 cm³/mol. The molecule has 0 radical (unpaired) electrons. The maximum atomic E-state index is 10.3. The molecule has 0 aromatic heterocycles. The Balaban J connectivity index is 0.00000121. The molecule has 0 aromatic carbocycles. The summed E-state index contributed by atoms with van der Waals surface area (Å²) in [5.41, 5.74) is 0. The van der Waals surface area contributed by atoms with Crippen LogP contribution in [0.1, 0.15) is 19.3 Å². The molecule has 1 fully saturated rings. The molecule has 0 spiro atoms. The number of hydrogen-bond acceptors (Lipinski definition) is 4. The smallest absolute Gasteiger partial charge is 0.550 e. The van der Waals surface area contributed by atoms with Crippen LogP contribution in [-0.4, -0.2) is 28.4 Å². The van der Waals surface area contributed by atoms with Crippen LogP contribution in [0.3, 0.4) is 0 Å². The number of aliphatic hydroxyl groups excluding tert-OH is 2. The van der Waals surface area contributed by atoms with Crippen LogP contribution < -0.4 is 34.7 Å². The Morgan fingerprint density at radius 3 is 2.33 bits per heavy atom. The molecular weight excluding hydrogens is 171 g/mol. The molecule has 1 aliphatic carbocycles. The zero-order chi connectivity index (χ0) is 8.43. The summed E-state index contributed by atoms with van der Waals surface area (Å²) < 4.78 is 0. The first-order valence-corrected chi connectivity index (χ1v) is 3.68. The first-order chi connectivity index (χ1) is 5.11. The van der Waals surface area contributed by atoms with E-state index in [0.29, 0.717) is 12.8 Å². The molecule has 12 heavy (non-hydrogen) atoms. The second-order valence-electron chi connectivity index (χ2n) is 2.96. The molecule has 1 aliphatic rings. The molecule has 0 aliphatic heterocycles. The third-order valence-electron chi connectivity index (χ3n) is 2.09. The van der Waals surface area contributed by atoms with E-state index in [9.17, 15) is 9.90 Å². The average Bonchev–Trinajstić information content (AvgIpc) is 1.94. The van der Waals surface area contributed by atoms with Gasteiger partial charge in [0.25, 0.3) is 0 Å². The normalized spacial score (nSPS) is 35.3. The molecule has 3 unspecified atom stereocenters. The van der Waals surface area contributed by atoms with Crippen LogP contribution in [0.15, 0.2) is 0 Å². The van der Waals surface area contributed by atoms with Crippen LogP contribution in [0.2, 0.25) is 0 Å². The van der Waals surface area contributed by atoms with E-state index in [4.69, 9.17) is 10.2 Å². The first-order valence-electron chi connectivity index (χ1n) is 3.68. The van der Waals surface area contributed by atoms with Crippen molar-refractivity contribution in [3.8, 4) is 0 Å². The van der Waals surface area contributed by atoms with Crippen molar-refractivity contribution in [1.82, 2.24) is 0 Å². The predicted octanol–water partition coefficient (Wildman–Crippen LogP) is -4.74. The number of aliphatic hydroxyl groups is 2. The Morgan fingerprint density at radius 2 is 1.92 bits per heavy atom. The summed E-state index contributed by atoms with van der Waals surface area (Å²) in [7, 11) is 0. The quantitative estimate of drug-likeness (QED) is 0.399. The van der Waals surface area contributed by atoms with E-state index in [-0.39, 0.29) is 36.0 Å². The fourth-order valence-electron chi connectivity index (χ4n) is 1.39. The van der Waals surface area contributed by atoms with Gasteiger partial charge in [0.05, 0.1) is 12.2 Å². The third-order valence-corrected chi connectivity index (χ3v) is 2.09. The number of carboxylic acids is 1. The van der Waals surface area contributed by atoms with E-state index in [2.05, 4.69) is 0 Å². The van der Waals surface area contributed by atoms with Gasteiger partial charge in [0.2, 0.25) is 0 Å². The minimum absolute atomic E-state index is 0. The van der Waals surface area contributed by atoms with Crippen molar-refractivity contribution in [2.24, 2.45) is 5.92 Å². The molecule has 0 aromatic rings. The molecule has 1 saturated carbocycles. The van der Waals surface area contributed by atoms with Gasteiger partial charge in [-0.05, 0) is 19.3 Å². The van der Waals surface area contributed by atoms with Crippen LogP contribution in [0.4, 0.5) is 0 Å². The average molecular weight is 182 g/mol. The van der Waals surface area contributed by atoms with Crippen LogP contribution in [0.5, 0.6) is 0 Å². The SMILES string of the molecule is O=C([O-])C1CC(O)CCC1O.[Na+]. The van der Waals surface area contributed by atoms with Gasteiger partial charge >= 0.3 is 29.6 Å². The van der Waals surface area contributed by atoms with E-state index in [0.717, 1.165) is 0 Å². The third kappa shape index (κ3) is 3.03. The van der Waals surface area contributed by atoms with Crippen LogP contribution in [0.25, 0.3) is 0 Å². The summed E-state index contributed by atoms with van der Waals surface area (Å²) >= 11 is 0. The summed E-state index contributed by atoms with van der Waals surface area (Å²) in [6.45, 7) is 0. The van der Waals surface area contributed by atoms with Crippen molar-refractivity contribution in [2.75, 3.05) is 0 Å². The Labute approximate surface area is 92.9 Å². The van der Waals surface area contributed by atoms with Crippen molar-refractivity contribution >= 4 is 5.97 Å². The summed E-state index contributed by atoms with van der Waals surface area (Å²) in [4.78, 5) is 10.3. The molecule has 0 heterocycles. The zero-order valence-electron chi connectivity index (χ0n) is 7.06. The molecule has 1 rings (SSSR count). The minimum atomic E-state index is -1.27. The van der Waals surface area contributed by atoms with Gasteiger partial charge in [-0.25, -0.2) is 0 Å². The summed E-state index contributed by atoms with van der Waals surface area (Å²) in [6.07, 6.45) is -0.501. The van der Waals surface area contributed by atoms with Crippen molar-refractivity contribution in [3.63, 3.8) is 0 Å². The van der Waals surface area contributed by atoms with Crippen molar-refractivity contribution in [3.05, 3.63) is 0 Å². The van der Waals surface area contributed by atoms with Gasteiger partial charge in [-0.15, -0.1) is 0 Å². The molecule has 5 heteroatoms. The molecule has 3 atom stereocenters. The van der Waals surface area contributed by atoms with Gasteiger partial charge < -0.3 is 20.1 Å². The van der Waals surface area contributed by atoms with Crippen LogP contribution in [0, 0.1) is 5.92 Å². The zero-order valence-corrected chi connectivity index (χ0v) is 9.06. The van der Waals surface area contributed by atoms with Gasteiger partial charge in [0.1, 0.15) is 0 Å². The summed E-state index contributed by atoms with van der Waals surface area (Å²) in [5, 5.41) is 28.5. The molecule has 64 valence electrons. The van der Waals surface area contributed by atoms with Crippen LogP contribution in [-0.2, 0) is 4.79 Å². The second-order valence-corrected chi connectivity index (χ2v) is 2.96. The van der Waals surface area contributed by atoms with E-state index in [1.807, 2.05) is 0 Å². The molecule has 0 amide bonds. The van der Waals surface area contributed by atoms with Crippen molar-refractivity contribution < 1.29 is 49.7 Å². The second kappa shape index (κ2) is 5.19. The number of carbonyl (C=O) groups excluding carboxylic acids is 1. The Bertz CT molecular complexity index is 161. The fraction of sp³-hybridized carbons (Fsp3) is 0.857. The molecule has 4 nitrogen and oxygen atoms in total. The summed E-state index contributed by atoms with van der Waals surface area (Å²) in [6, 6.07) is 0. The van der Waals surface area contributed by atoms with Gasteiger partial charge in [-0.2, -0.15) is 0 Å². The minimum Gasteiger partial charge on any atom is -0.550 e. The first kappa shape index (κ1) is 12.4. The monoisotopic (exact) mass is 182 g/mol. The van der Waals surface area contributed by atoms with E-state index in [1.54, 1.807) is 0 Å². The summed E-state index contributed by atoms with van der Waals surface area (Å²) in [5.74, 6) is -2.16. The van der Waals surface area contributed by atoms with Gasteiger partial charge in [-0.3, -0.25) is 0 Å². The maximum Gasteiger partial charge on any atom is 1.00 e. The topological polar surface area (TPSA) is 80.6 Å². The number of carboxylic acid groups (broad SMARTS) is 1. The molecular formula is C7H11NaO4. The largest absolute Gasteiger partial charge is 1.00 e.